The molecule has 2 aromatic carbocycles. The summed E-state index contributed by atoms with van der Waals surface area (Å²) in [5.41, 5.74) is 0.776. The Hall–Kier alpha value is -2.36. The van der Waals surface area contributed by atoms with Crippen LogP contribution >= 0.6 is 0 Å². The number of amides is 1. The van der Waals surface area contributed by atoms with E-state index in [1.165, 1.54) is 24.3 Å². The first-order valence-electron chi connectivity index (χ1n) is 7.26. The molecule has 0 bridgehead atoms. The zero-order valence-electron chi connectivity index (χ0n) is 13.0. The molecule has 2 rings (SSSR count). The lowest BCUT2D eigenvalue weighted by molar-refractivity contribution is -0.128. The Morgan fingerprint density at radius 2 is 1.77 bits per heavy atom. The van der Waals surface area contributed by atoms with Crippen molar-refractivity contribution in [2.75, 3.05) is 5.32 Å². The summed E-state index contributed by atoms with van der Waals surface area (Å²) in [6.45, 7) is 5.39. The van der Waals surface area contributed by atoms with Crippen LogP contribution in [0.3, 0.4) is 0 Å². The normalized spacial score (nSPS) is 11.1. The van der Waals surface area contributed by atoms with Gasteiger partial charge in [-0.1, -0.05) is 25.1 Å². The van der Waals surface area contributed by atoms with Gasteiger partial charge in [0.1, 0.15) is 11.6 Å². The van der Waals surface area contributed by atoms with E-state index in [1.54, 1.807) is 13.8 Å². The highest BCUT2D eigenvalue weighted by Crippen LogP contribution is 2.22. The summed E-state index contributed by atoms with van der Waals surface area (Å²) in [7, 11) is 0. The number of ether oxygens (including phenoxy) is 1. The first-order valence-corrected chi connectivity index (χ1v) is 7.26. The minimum absolute atomic E-state index is 0.252. The highest BCUT2D eigenvalue weighted by Gasteiger charge is 2.30. The SMILES string of the molecule is CCc1ccccc1NC(=O)C(C)(C)Oc1ccc(F)cc1. The number of hydrogen-bond acceptors (Lipinski definition) is 2. The minimum atomic E-state index is -1.07. The van der Waals surface area contributed by atoms with E-state index in [0.717, 1.165) is 17.7 Å². The molecule has 0 aliphatic rings. The van der Waals surface area contributed by atoms with Crippen LogP contribution in [-0.2, 0) is 11.2 Å². The van der Waals surface area contributed by atoms with Crippen molar-refractivity contribution in [2.24, 2.45) is 0 Å². The first kappa shape index (κ1) is 16.0. The third-order valence-corrected chi connectivity index (χ3v) is 3.38. The maximum Gasteiger partial charge on any atom is 0.267 e. The van der Waals surface area contributed by atoms with E-state index in [9.17, 15) is 9.18 Å². The van der Waals surface area contributed by atoms with E-state index in [0.29, 0.717) is 5.75 Å². The van der Waals surface area contributed by atoms with Crippen molar-refractivity contribution in [3.63, 3.8) is 0 Å². The van der Waals surface area contributed by atoms with Crippen LogP contribution in [0.4, 0.5) is 10.1 Å². The summed E-state index contributed by atoms with van der Waals surface area (Å²) >= 11 is 0. The molecule has 1 amide bonds. The molecule has 0 aliphatic heterocycles. The van der Waals surface area contributed by atoms with Crippen LogP contribution in [-0.4, -0.2) is 11.5 Å². The summed E-state index contributed by atoms with van der Waals surface area (Å²) in [5.74, 6) is -0.144. The Bertz CT molecular complexity index is 650. The summed E-state index contributed by atoms with van der Waals surface area (Å²) in [4.78, 5) is 12.5. The van der Waals surface area contributed by atoms with Crippen LogP contribution in [0.25, 0.3) is 0 Å². The number of halogens is 1. The second-order valence-electron chi connectivity index (χ2n) is 5.53. The second-order valence-corrected chi connectivity index (χ2v) is 5.53. The quantitative estimate of drug-likeness (QED) is 0.899. The lowest BCUT2D eigenvalue weighted by Gasteiger charge is -2.26. The van der Waals surface area contributed by atoms with E-state index in [2.05, 4.69) is 5.32 Å². The first-order chi connectivity index (χ1) is 10.4. The lowest BCUT2D eigenvalue weighted by Crippen LogP contribution is -2.42. The smallest absolute Gasteiger partial charge is 0.267 e. The number of benzene rings is 2. The van der Waals surface area contributed by atoms with Gasteiger partial charge in [-0.25, -0.2) is 4.39 Å². The number of hydrogen-bond donors (Lipinski definition) is 1. The molecule has 3 nitrogen and oxygen atoms in total. The highest BCUT2D eigenvalue weighted by atomic mass is 19.1. The van der Waals surface area contributed by atoms with Gasteiger partial charge in [-0.3, -0.25) is 4.79 Å². The topological polar surface area (TPSA) is 38.3 Å². The van der Waals surface area contributed by atoms with E-state index < -0.39 is 5.60 Å². The summed E-state index contributed by atoms with van der Waals surface area (Å²) in [5, 5.41) is 2.90. The van der Waals surface area contributed by atoms with Crippen molar-refractivity contribution in [2.45, 2.75) is 32.8 Å². The van der Waals surface area contributed by atoms with Crippen LogP contribution in [0.5, 0.6) is 5.75 Å². The van der Waals surface area contributed by atoms with Gasteiger partial charge in [0, 0.05) is 5.69 Å². The summed E-state index contributed by atoms with van der Waals surface area (Å²) in [6, 6.07) is 13.3. The fourth-order valence-corrected chi connectivity index (χ4v) is 2.07. The van der Waals surface area contributed by atoms with Crippen molar-refractivity contribution in [3.8, 4) is 5.75 Å². The van der Waals surface area contributed by atoms with E-state index >= 15 is 0 Å². The van der Waals surface area contributed by atoms with Gasteiger partial charge in [0.15, 0.2) is 5.60 Å². The van der Waals surface area contributed by atoms with Gasteiger partial charge in [-0.15, -0.1) is 0 Å². The maximum atomic E-state index is 12.9. The second kappa shape index (κ2) is 6.60. The molecule has 0 aliphatic carbocycles. The zero-order chi connectivity index (χ0) is 16.2. The standard InChI is InChI=1S/C18H20FNO2/c1-4-13-7-5-6-8-16(13)20-17(21)18(2,3)22-15-11-9-14(19)10-12-15/h5-12H,4H2,1-3H3,(H,20,21). The number of anilines is 1. The molecular weight excluding hydrogens is 281 g/mol. The van der Waals surface area contributed by atoms with Crippen LogP contribution in [0.2, 0.25) is 0 Å². The molecule has 0 aromatic heterocycles. The van der Waals surface area contributed by atoms with Gasteiger partial charge in [-0.05, 0) is 56.2 Å². The van der Waals surface area contributed by atoms with Crippen LogP contribution < -0.4 is 10.1 Å². The molecule has 4 heteroatoms. The Kier molecular flexibility index (Phi) is 4.81. The average Bonchev–Trinajstić information content (AvgIpc) is 2.50. The number of carbonyl (C=O) groups is 1. The fourth-order valence-electron chi connectivity index (χ4n) is 2.07. The van der Waals surface area contributed by atoms with Crippen molar-refractivity contribution >= 4 is 11.6 Å². The van der Waals surface area contributed by atoms with Crippen molar-refractivity contribution in [1.82, 2.24) is 0 Å². The van der Waals surface area contributed by atoms with Crippen molar-refractivity contribution in [1.29, 1.82) is 0 Å². The Morgan fingerprint density at radius 3 is 2.41 bits per heavy atom. The Labute approximate surface area is 130 Å². The minimum Gasteiger partial charge on any atom is -0.478 e. The largest absolute Gasteiger partial charge is 0.478 e. The van der Waals surface area contributed by atoms with Gasteiger partial charge in [0.05, 0.1) is 0 Å². The molecule has 1 N–H and O–H groups in total. The number of para-hydroxylation sites is 1. The lowest BCUT2D eigenvalue weighted by atomic mass is 10.1. The summed E-state index contributed by atoms with van der Waals surface area (Å²) in [6.07, 6.45) is 0.829. The number of carbonyl (C=O) groups excluding carboxylic acids is 1. The monoisotopic (exact) mass is 301 g/mol. The van der Waals surface area contributed by atoms with E-state index in [1.807, 2.05) is 31.2 Å². The Morgan fingerprint density at radius 1 is 1.14 bits per heavy atom. The Balaban J connectivity index is 2.11. The van der Waals surface area contributed by atoms with Crippen LogP contribution in [0.15, 0.2) is 48.5 Å². The highest BCUT2D eigenvalue weighted by molar-refractivity contribution is 5.97. The molecule has 0 unspecified atom stereocenters. The van der Waals surface area contributed by atoms with Gasteiger partial charge < -0.3 is 10.1 Å². The molecule has 22 heavy (non-hydrogen) atoms. The molecule has 0 radical (unpaired) electrons. The molecule has 0 spiro atoms. The average molecular weight is 301 g/mol. The van der Waals surface area contributed by atoms with Gasteiger partial charge in [0.2, 0.25) is 0 Å². The van der Waals surface area contributed by atoms with Gasteiger partial charge in [-0.2, -0.15) is 0 Å². The molecule has 116 valence electrons. The molecule has 0 saturated heterocycles. The van der Waals surface area contributed by atoms with Gasteiger partial charge >= 0.3 is 0 Å². The zero-order valence-corrected chi connectivity index (χ0v) is 13.0. The van der Waals surface area contributed by atoms with E-state index in [4.69, 9.17) is 4.74 Å². The third-order valence-electron chi connectivity index (χ3n) is 3.38. The predicted octanol–water partition coefficient (Wildman–Crippen LogP) is 4.18. The number of rotatable bonds is 5. The third kappa shape index (κ3) is 3.85. The van der Waals surface area contributed by atoms with Gasteiger partial charge in [0.25, 0.3) is 5.91 Å². The molecule has 0 saturated carbocycles. The number of nitrogens with one attached hydrogen (secondary N) is 1. The van der Waals surface area contributed by atoms with Crippen molar-refractivity contribution in [3.05, 3.63) is 59.9 Å². The molecule has 2 aromatic rings. The molecule has 0 atom stereocenters. The van der Waals surface area contributed by atoms with Crippen LogP contribution in [0, 0.1) is 5.82 Å². The maximum absolute atomic E-state index is 12.9. The fraction of sp³-hybridized carbons (Fsp3) is 0.278. The van der Waals surface area contributed by atoms with Crippen LogP contribution in [0.1, 0.15) is 26.3 Å². The predicted molar refractivity (Wildman–Crippen MR) is 85.6 cm³/mol. The number of aryl methyl sites for hydroxylation is 1. The van der Waals surface area contributed by atoms with Crippen molar-refractivity contribution < 1.29 is 13.9 Å². The summed E-state index contributed by atoms with van der Waals surface area (Å²) < 4.78 is 18.6. The molecule has 0 heterocycles. The molecular formula is C18H20FNO2. The molecule has 0 fully saturated rings. The van der Waals surface area contributed by atoms with E-state index in [-0.39, 0.29) is 11.7 Å².